The van der Waals surface area contributed by atoms with Crippen molar-refractivity contribution in [1.29, 1.82) is 0 Å². The van der Waals surface area contributed by atoms with Gasteiger partial charge in [-0.05, 0) is 19.8 Å². The molecule has 0 spiro atoms. The van der Waals surface area contributed by atoms with E-state index in [2.05, 4.69) is 5.48 Å². The third-order valence-corrected chi connectivity index (χ3v) is 2.20. The molecular formula is C8H17N3O2. The highest BCUT2D eigenvalue weighted by Crippen LogP contribution is 2.09. The minimum Gasteiger partial charge on any atom is -0.351 e. The van der Waals surface area contributed by atoms with E-state index in [0.717, 1.165) is 25.9 Å². The first kappa shape index (κ1) is 10.3. The first-order valence-electron chi connectivity index (χ1n) is 4.65. The van der Waals surface area contributed by atoms with E-state index in [4.69, 9.17) is 10.6 Å². The number of hydroxylamine groups is 1. The minimum absolute atomic E-state index is 0.324. The third kappa shape index (κ3) is 3.20. The van der Waals surface area contributed by atoms with E-state index < -0.39 is 0 Å². The van der Waals surface area contributed by atoms with Crippen molar-refractivity contribution in [3.05, 3.63) is 0 Å². The standard InChI is InChI=1S/C8H17N3O2/c1-2-13-10-7-3-5-11(6-4-7)8(9)12/h7,10H,2-6H2,1H3,(H2,9,12). The molecule has 5 nitrogen and oxygen atoms in total. The summed E-state index contributed by atoms with van der Waals surface area (Å²) in [5, 5.41) is 0. The Morgan fingerprint density at radius 3 is 2.69 bits per heavy atom. The number of rotatable bonds is 3. The van der Waals surface area contributed by atoms with Crippen molar-refractivity contribution in [2.24, 2.45) is 5.73 Å². The number of hydrogen-bond acceptors (Lipinski definition) is 3. The Bertz CT molecular complexity index is 167. The Morgan fingerprint density at radius 2 is 2.23 bits per heavy atom. The molecule has 0 aliphatic carbocycles. The quantitative estimate of drug-likeness (QED) is 0.614. The Hall–Kier alpha value is -0.810. The van der Waals surface area contributed by atoms with E-state index in [1.165, 1.54) is 0 Å². The van der Waals surface area contributed by atoms with Crippen LogP contribution >= 0.6 is 0 Å². The molecule has 0 unspecified atom stereocenters. The predicted molar refractivity (Wildman–Crippen MR) is 48.9 cm³/mol. The topological polar surface area (TPSA) is 67.6 Å². The summed E-state index contributed by atoms with van der Waals surface area (Å²) in [6.07, 6.45) is 1.81. The average Bonchev–Trinajstić information content (AvgIpc) is 2.15. The molecule has 1 aliphatic heterocycles. The number of urea groups is 1. The maximum absolute atomic E-state index is 10.8. The van der Waals surface area contributed by atoms with E-state index in [1.54, 1.807) is 4.90 Å². The van der Waals surface area contributed by atoms with Crippen LogP contribution in [0.2, 0.25) is 0 Å². The molecule has 5 heteroatoms. The summed E-state index contributed by atoms with van der Waals surface area (Å²) in [6, 6.07) is 0.0328. The number of likely N-dealkylation sites (tertiary alicyclic amines) is 1. The van der Waals surface area contributed by atoms with Gasteiger partial charge in [-0.2, -0.15) is 5.48 Å². The van der Waals surface area contributed by atoms with Gasteiger partial charge in [0.25, 0.3) is 0 Å². The Kier molecular flexibility index (Phi) is 3.98. The summed E-state index contributed by atoms with van der Waals surface area (Å²) < 4.78 is 0. The van der Waals surface area contributed by atoms with Gasteiger partial charge in [-0.3, -0.25) is 0 Å². The zero-order valence-electron chi connectivity index (χ0n) is 7.95. The third-order valence-electron chi connectivity index (χ3n) is 2.20. The normalized spacial score (nSPS) is 19.0. The number of nitrogens with two attached hydrogens (primary N) is 1. The maximum atomic E-state index is 10.8. The molecule has 2 amide bonds. The Balaban J connectivity index is 2.18. The van der Waals surface area contributed by atoms with Crippen LogP contribution in [0.25, 0.3) is 0 Å². The van der Waals surface area contributed by atoms with Crippen molar-refractivity contribution in [2.75, 3.05) is 19.7 Å². The lowest BCUT2D eigenvalue weighted by Gasteiger charge is -2.30. The van der Waals surface area contributed by atoms with Crippen LogP contribution in [0.3, 0.4) is 0 Å². The van der Waals surface area contributed by atoms with E-state index in [0.29, 0.717) is 12.6 Å². The number of nitrogens with zero attached hydrogens (tertiary/aromatic N) is 1. The monoisotopic (exact) mass is 187 g/mol. The molecule has 0 atom stereocenters. The lowest BCUT2D eigenvalue weighted by molar-refractivity contribution is 0.0101. The highest BCUT2D eigenvalue weighted by Gasteiger charge is 2.20. The highest BCUT2D eigenvalue weighted by molar-refractivity contribution is 5.72. The fraction of sp³-hybridized carbons (Fsp3) is 0.875. The fourth-order valence-corrected chi connectivity index (χ4v) is 1.42. The van der Waals surface area contributed by atoms with Crippen LogP contribution in [0.15, 0.2) is 0 Å². The van der Waals surface area contributed by atoms with Gasteiger partial charge in [-0.25, -0.2) is 4.79 Å². The van der Waals surface area contributed by atoms with Gasteiger partial charge in [0.15, 0.2) is 0 Å². The van der Waals surface area contributed by atoms with E-state index in [1.807, 2.05) is 6.92 Å². The van der Waals surface area contributed by atoms with Crippen molar-refractivity contribution in [3.8, 4) is 0 Å². The summed E-state index contributed by atoms with van der Waals surface area (Å²) in [7, 11) is 0. The molecule has 0 saturated carbocycles. The first-order valence-corrected chi connectivity index (χ1v) is 4.65. The summed E-state index contributed by atoms with van der Waals surface area (Å²) in [5.41, 5.74) is 8.10. The molecule has 13 heavy (non-hydrogen) atoms. The second-order valence-electron chi connectivity index (χ2n) is 3.15. The molecular weight excluding hydrogens is 170 g/mol. The van der Waals surface area contributed by atoms with Gasteiger partial charge in [-0.1, -0.05) is 0 Å². The second kappa shape index (κ2) is 5.04. The molecule has 0 aromatic heterocycles. The Labute approximate surface area is 78.2 Å². The summed E-state index contributed by atoms with van der Waals surface area (Å²) >= 11 is 0. The van der Waals surface area contributed by atoms with Gasteiger partial charge in [0.1, 0.15) is 0 Å². The number of nitrogens with one attached hydrogen (secondary N) is 1. The minimum atomic E-state index is -0.324. The van der Waals surface area contributed by atoms with Gasteiger partial charge >= 0.3 is 6.03 Å². The number of carbonyl (C=O) groups excluding carboxylic acids is 1. The van der Waals surface area contributed by atoms with Crippen LogP contribution in [-0.4, -0.2) is 36.7 Å². The number of hydrogen-bond donors (Lipinski definition) is 2. The number of primary amides is 1. The molecule has 0 bridgehead atoms. The average molecular weight is 187 g/mol. The zero-order chi connectivity index (χ0) is 9.68. The molecule has 0 radical (unpaired) electrons. The number of amides is 2. The SMILES string of the molecule is CCONC1CCN(C(N)=O)CC1. The molecule has 76 valence electrons. The van der Waals surface area contributed by atoms with Crippen molar-refractivity contribution in [3.63, 3.8) is 0 Å². The van der Waals surface area contributed by atoms with Crippen LogP contribution < -0.4 is 11.2 Å². The van der Waals surface area contributed by atoms with Crippen LogP contribution in [-0.2, 0) is 4.84 Å². The predicted octanol–water partition coefficient (Wildman–Crippen LogP) is 0.0706. The lowest BCUT2D eigenvalue weighted by atomic mass is 10.1. The van der Waals surface area contributed by atoms with Gasteiger partial charge in [0.05, 0.1) is 6.61 Å². The van der Waals surface area contributed by atoms with Crippen molar-refractivity contribution in [2.45, 2.75) is 25.8 Å². The molecule has 1 rings (SSSR count). The van der Waals surface area contributed by atoms with Crippen molar-refractivity contribution >= 4 is 6.03 Å². The lowest BCUT2D eigenvalue weighted by Crippen LogP contribution is -2.46. The van der Waals surface area contributed by atoms with Crippen LogP contribution in [0.1, 0.15) is 19.8 Å². The van der Waals surface area contributed by atoms with Crippen LogP contribution in [0, 0.1) is 0 Å². The van der Waals surface area contributed by atoms with Crippen LogP contribution in [0.4, 0.5) is 4.79 Å². The van der Waals surface area contributed by atoms with Crippen molar-refractivity contribution < 1.29 is 9.63 Å². The van der Waals surface area contributed by atoms with Gasteiger partial charge in [-0.15, -0.1) is 0 Å². The fourth-order valence-electron chi connectivity index (χ4n) is 1.42. The maximum Gasteiger partial charge on any atom is 0.314 e. The summed E-state index contributed by atoms with van der Waals surface area (Å²) in [6.45, 7) is 4.04. The molecule has 1 heterocycles. The molecule has 3 N–H and O–H groups in total. The molecule has 1 aliphatic rings. The summed E-state index contributed by atoms with van der Waals surface area (Å²) in [5.74, 6) is 0. The largest absolute Gasteiger partial charge is 0.351 e. The van der Waals surface area contributed by atoms with Gasteiger partial charge in [0.2, 0.25) is 0 Å². The van der Waals surface area contributed by atoms with E-state index in [-0.39, 0.29) is 6.03 Å². The first-order chi connectivity index (χ1) is 6.24. The highest BCUT2D eigenvalue weighted by atomic mass is 16.6. The van der Waals surface area contributed by atoms with Gasteiger partial charge < -0.3 is 15.5 Å². The molecule has 0 aromatic rings. The second-order valence-corrected chi connectivity index (χ2v) is 3.15. The number of piperidine rings is 1. The molecule has 0 aromatic carbocycles. The van der Waals surface area contributed by atoms with Crippen molar-refractivity contribution in [1.82, 2.24) is 10.4 Å². The summed E-state index contributed by atoms with van der Waals surface area (Å²) in [4.78, 5) is 17.5. The van der Waals surface area contributed by atoms with Gasteiger partial charge in [0, 0.05) is 19.1 Å². The smallest absolute Gasteiger partial charge is 0.314 e. The molecule has 1 fully saturated rings. The molecule has 1 saturated heterocycles. The van der Waals surface area contributed by atoms with E-state index in [9.17, 15) is 4.79 Å². The Morgan fingerprint density at radius 1 is 1.62 bits per heavy atom. The number of carbonyl (C=O) groups is 1. The van der Waals surface area contributed by atoms with E-state index >= 15 is 0 Å². The zero-order valence-corrected chi connectivity index (χ0v) is 7.95. The van der Waals surface area contributed by atoms with Crippen LogP contribution in [0.5, 0.6) is 0 Å².